The summed E-state index contributed by atoms with van der Waals surface area (Å²) in [6, 6.07) is -0.408. The van der Waals surface area contributed by atoms with Gasteiger partial charge in [-0.25, -0.2) is 0 Å². The van der Waals surface area contributed by atoms with Crippen LogP contribution in [-0.2, 0) is 19.1 Å². The molecule has 0 aliphatic carbocycles. The lowest BCUT2D eigenvalue weighted by Gasteiger charge is -2.34. The molecule has 1 N–H and O–H groups in total. The number of carbonyl (C=O) groups excluding carboxylic acids is 3. The molecule has 6 heteroatoms. The molecule has 0 radical (unpaired) electrons. The Morgan fingerprint density at radius 3 is 2.89 bits per heavy atom. The lowest BCUT2D eigenvalue weighted by atomic mass is 9.96. The molecule has 0 bridgehead atoms. The second-order valence-electron chi connectivity index (χ2n) is 4.72. The fourth-order valence-electron chi connectivity index (χ4n) is 2.58. The van der Waals surface area contributed by atoms with Crippen molar-refractivity contribution in [1.29, 1.82) is 0 Å². The number of nitrogens with zero attached hydrogens (tertiary/aromatic N) is 1. The van der Waals surface area contributed by atoms with E-state index in [-0.39, 0.29) is 30.1 Å². The largest absolute Gasteiger partial charge is 0.466 e. The van der Waals surface area contributed by atoms with E-state index in [2.05, 4.69) is 5.32 Å². The van der Waals surface area contributed by atoms with Crippen molar-refractivity contribution < 1.29 is 19.1 Å². The van der Waals surface area contributed by atoms with Crippen molar-refractivity contribution in [2.45, 2.75) is 32.2 Å². The number of esters is 1. The number of hydrogen-bond acceptors (Lipinski definition) is 5. The summed E-state index contributed by atoms with van der Waals surface area (Å²) >= 11 is 0. The maximum absolute atomic E-state index is 11.7. The highest BCUT2D eigenvalue weighted by atomic mass is 16.5. The molecule has 2 amide bonds. The summed E-state index contributed by atoms with van der Waals surface area (Å²) < 4.78 is 5.01. The summed E-state index contributed by atoms with van der Waals surface area (Å²) in [5, 5.41) is 2.30. The van der Waals surface area contributed by atoms with E-state index in [9.17, 15) is 14.4 Å². The Labute approximate surface area is 106 Å². The summed E-state index contributed by atoms with van der Waals surface area (Å²) in [7, 11) is 0. The Kier molecular flexibility index (Phi) is 3.96. The number of nitrogens with one attached hydrogen (secondary N) is 1. The minimum absolute atomic E-state index is 0.179. The standard InChI is InChI=1S/C12H18N2O4/c1-2-18-12(17)8-4-3-5-14(7-8)9-6-10(15)13-11(9)16/h8-9H,2-7H2,1H3,(H,13,15,16)/t8-,9?/m1/s1. The third-order valence-electron chi connectivity index (χ3n) is 3.46. The molecule has 1 unspecified atom stereocenters. The van der Waals surface area contributed by atoms with Gasteiger partial charge in [-0.1, -0.05) is 0 Å². The molecule has 0 spiro atoms. The smallest absolute Gasteiger partial charge is 0.310 e. The molecule has 2 saturated heterocycles. The average molecular weight is 254 g/mol. The van der Waals surface area contributed by atoms with Crippen LogP contribution in [0.2, 0.25) is 0 Å². The van der Waals surface area contributed by atoms with Gasteiger partial charge in [-0.2, -0.15) is 0 Å². The van der Waals surface area contributed by atoms with E-state index in [1.807, 2.05) is 4.90 Å². The number of carbonyl (C=O) groups is 3. The van der Waals surface area contributed by atoms with Gasteiger partial charge in [0.15, 0.2) is 0 Å². The van der Waals surface area contributed by atoms with Gasteiger partial charge in [0.05, 0.1) is 25.0 Å². The highest BCUT2D eigenvalue weighted by Crippen LogP contribution is 2.22. The molecule has 2 fully saturated rings. The van der Waals surface area contributed by atoms with Gasteiger partial charge in [-0.15, -0.1) is 0 Å². The zero-order chi connectivity index (χ0) is 13.1. The van der Waals surface area contributed by atoms with Crippen molar-refractivity contribution in [3.05, 3.63) is 0 Å². The molecule has 18 heavy (non-hydrogen) atoms. The molecule has 6 nitrogen and oxygen atoms in total. The minimum Gasteiger partial charge on any atom is -0.466 e. The number of rotatable bonds is 3. The molecule has 0 saturated carbocycles. The third kappa shape index (κ3) is 2.69. The predicted octanol–water partition coefficient (Wildman–Crippen LogP) is -0.323. The summed E-state index contributed by atoms with van der Waals surface area (Å²) in [6.07, 6.45) is 1.84. The van der Waals surface area contributed by atoms with Crippen molar-refractivity contribution in [2.75, 3.05) is 19.7 Å². The molecule has 0 aromatic heterocycles. The van der Waals surface area contributed by atoms with Crippen LogP contribution in [0.1, 0.15) is 26.2 Å². The molecular formula is C12H18N2O4. The number of imide groups is 1. The summed E-state index contributed by atoms with van der Waals surface area (Å²) in [6.45, 7) is 3.41. The molecule has 0 aromatic carbocycles. The monoisotopic (exact) mass is 254 g/mol. The first-order valence-electron chi connectivity index (χ1n) is 6.36. The fraction of sp³-hybridized carbons (Fsp3) is 0.750. The van der Waals surface area contributed by atoms with Crippen molar-refractivity contribution in [1.82, 2.24) is 10.2 Å². The van der Waals surface area contributed by atoms with Crippen LogP contribution in [0.3, 0.4) is 0 Å². The van der Waals surface area contributed by atoms with Crippen LogP contribution in [0, 0.1) is 5.92 Å². The van der Waals surface area contributed by atoms with E-state index >= 15 is 0 Å². The Bertz CT molecular complexity index is 369. The van der Waals surface area contributed by atoms with Crippen LogP contribution < -0.4 is 5.32 Å². The first-order valence-corrected chi connectivity index (χ1v) is 6.36. The van der Waals surface area contributed by atoms with Crippen molar-refractivity contribution in [3.8, 4) is 0 Å². The normalized spacial score (nSPS) is 29.2. The van der Waals surface area contributed by atoms with Crippen LogP contribution >= 0.6 is 0 Å². The zero-order valence-electron chi connectivity index (χ0n) is 10.5. The zero-order valence-corrected chi connectivity index (χ0v) is 10.5. The molecule has 2 atom stereocenters. The number of amides is 2. The molecule has 2 aliphatic heterocycles. The van der Waals surface area contributed by atoms with Gasteiger partial charge >= 0.3 is 5.97 Å². The van der Waals surface area contributed by atoms with E-state index in [0.29, 0.717) is 13.2 Å². The Morgan fingerprint density at radius 2 is 2.28 bits per heavy atom. The summed E-state index contributed by atoms with van der Waals surface area (Å²) in [5.41, 5.74) is 0. The van der Waals surface area contributed by atoms with E-state index in [4.69, 9.17) is 4.74 Å². The van der Waals surface area contributed by atoms with Gasteiger partial charge < -0.3 is 4.74 Å². The number of hydrogen-bond donors (Lipinski definition) is 1. The van der Waals surface area contributed by atoms with Crippen molar-refractivity contribution in [2.24, 2.45) is 5.92 Å². The maximum atomic E-state index is 11.7. The van der Waals surface area contributed by atoms with Crippen LogP contribution in [0.4, 0.5) is 0 Å². The van der Waals surface area contributed by atoms with Crippen LogP contribution in [0.25, 0.3) is 0 Å². The van der Waals surface area contributed by atoms with Gasteiger partial charge in [-0.05, 0) is 26.3 Å². The number of likely N-dealkylation sites (tertiary alicyclic amines) is 1. The van der Waals surface area contributed by atoms with Crippen LogP contribution in [0.15, 0.2) is 0 Å². The van der Waals surface area contributed by atoms with Crippen molar-refractivity contribution in [3.63, 3.8) is 0 Å². The van der Waals surface area contributed by atoms with Gasteiger partial charge in [0.2, 0.25) is 11.8 Å². The molecule has 2 rings (SSSR count). The molecule has 2 aliphatic rings. The highest BCUT2D eigenvalue weighted by molar-refractivity contribution is 6.05. The molecule has 0 aromatic rings. The number of ether oxygens (including phenoxy) is 1. The first kappa shape index (κ1) is 13.0. The fourth-order valence-corrected chi connectivity index (χ4v) is 2.58. The van der Waals surface area contributed by atoms with E-state index < -0.39 is 6.04 Å². The maximum Gasteiger partial charge on any atom is 0.310 e. The first-order chi connectivity index (χ1) is 8.61. The second-order valence-corrected chi connectivity index (χ2v) is 4.72. The quantitative estimate of drug-likeness (QED) is 0.551. The Balaban J connectivity index is 1.96. The molecular weight excluding hydrogens is 236 g/mol. The van der Waals surface area contributed by atoms with E-state index in [1.54, 1.807) is 6.92 Å². The summed E-state index contributed by atoms with van der Waals surface area (Å²) in [5.74, 6) is -0.859. The highest BCUT2D eigenvalue weighted by Gasteiger charge is 2.38. The van der Waals surface area contributed by atoms with Crippen LogP contribution in [-0.4, -0.2) is 48.4 Å². The second kappa shape index (κ2) is 5.48. The van der Waals surface area contributed by atoms with Crippen LogP contribution in [0.5, 0.6) is 0 Å². The predicted molar refractivity (Wildman–Crippen MR) is 62.5 cm³/mol. The summed E-state index contributed by atoms with van der Waals surface area (Å²) in [4.78, 5) is 36.4. The average Bonchev–Trinajstić information content (AvgIpc) is 2.69. The van der Waals surface area contributed by atoms with E-state index in [0.717, 1.165) is 19.4 Å². The van der Waals surface area contributed by atoms with Gasteiger partial charge in [0.25, 0.3) is 0 Å². The SMILES string of the molecule is CCOC(=O)[C@@H]1CCCN(C2CC(=O)NC2=O)C1. The van der Waals surface area contributed by atoms with Gasteiger partial charge in [-0.3, -0.25) is 24.6 Å². The third-order valence-corrected chi connectivity index (χ3v) is 3.46. The number of piperidine rings is 1. The van der Waals surface area contributed by atoms with Crippen molar-refractivity contribution >= 4 is 17.8 Å². The lowest BCUT2D eigenvalue weighted by molar-refractivity contribution is -0.150. The Hall–Kier alpha value is -1.43. The van der Waals surface area contributed by atoms with E-state index in [1.165, 1.54) is 0 Å². The molecule has 2 heterocycles. The van der Waals surface area contributed by atoms with Gasteiger partial charge in [0, 0.05) is 6.54 Å². The topological polar surface area (TPSA) is 75.7 Å². The Morgan fingerprint density at radius 1 is 1.50 bits per heavy atom. The molecule has 100 valence electrons. The lowest BCUT2D eigenvalue weighted by Crippen LogP contribution is -2.47. The van der Waals surface area contributed by atoms with Gasteiger partial charge in [0.1, 0.15) is 0 Å². The minimum atomic E-state index is -0.408.